The van der Waals surface area contributed by atoms with Gasteiger partial charge in [0, 0.05) is 38.8 Å². The average Bonchev–Trinajstić information content (AvgIpc) is 2.78. The molecule has 2 heterocycles. The van der Waals surface area contributed by atoms with E-state index in [1.807, 2.05) is 17.5 Å². The molecular weight excluding hydrogens is 266 g/mol. The molecule has 0 aliphatic heterocycles. The minimum absolute atomic E-state index is 0.433. The zero-order valence-electron chi connectivity index (χ0n) is 12.4. The van der Waals surface area contributed by atoms with Crippen molar-refractivity contribution >= 4 is 11.3 Å². The first-order chi connectivity index (χ1) is 9.69. The number of thiophene rings is 1. The fraction of sp³-hybridized carbons (Fsp3) is 0.500. The summed E-state index contributed by atoms with van der Waals surface area (Å²) in [6, 6.07) is 2.63. The van der Waals surface area contributed by atoms with E-state index < -0.39 is 0 Å². The fourth-order valence-electron chi connectivity index (χ4n) is 2.99. The molecule has 3 nitrogen and oxygen atoms in total. The van der Waals surface area contributed by atoms with Crippen LogP contribution in [0.1, 0.15) is 46.8 Å². The van der Waals surface area contributed by atoms with Crippen LogP contribution in [0.5, 0.6) is 0 Å². The first-order valence-electron chi connectivity index (χ1n) is 7.35. The van der Waals surface area contributed by atoms with Crippen LogP contribution >= 0.6 is 11.3 Å². The van der Waals surface area contributed by atoms with Crippen molar-refractivity contribution in [3.05, 3.63) is 33.3 Å². The molecule has 0 saturated carbocycles. The van der Waals surface area contributed by atoms with E-state index >= 15 is 0 Å². The van der Waals surface area contributed by atoms with Gasteiger partial charge < -0.3 is 5.32 Å². The predicted molar refractivity (Wildman–Crippen MR) is 84.2 cm³/mol. The lowest BCUT2D eigenvalue weighted by Gasteiger charge is -2.25. The van der Waals surface area contributed by atoms with Crippen LogP contribution in [0.3, 0.4) is 0 Å². The number of nitrogens with zero attached hydrogens (tertiary/aromatic N) is 2. The van der Waals surface area contributed by atoms with E-state index in [0.717, 1.165) is 18.8 Å². The van der Waals surface area contributed by atoms with E-state index in [-0.39, 0.29) is 0 Å². The van der Waals surface area contributed by atoms with Crippen LogP contribution in [0.25, 0.3) is 11.4 Å². The van der Waals surface area contributed by atoms with Gasteiger partial charge in [-0.05, 0) is 45.7 Å². The molecule has 1 unspecified atom stereocenters. The van der Waals surface area contributed by atoms with Gasteiger partial charge in [0.15, 0.2) is 5.82 Å². The monoisotopic (exact) mass is 287 g/mol. The summed E-state index contributed by atoms with van der Waals surface area (Å²) >= 11 is 1.82. The molecule has 2 aromatic rings. The third-order valence-corrected chi connectivity index (χ3v) is 4.88. The van der Waals surface area contributed by atoms with Gasteiger partial charge in [0.25, 0.3) is 0 Å². The molecule has 20 heavy (non-hydrogen) atoms. The third-order valence-electron chi connectivity index (χ3n) is 3.91. The number of hydrogen-bond donors (Lipinski definition) is 1. The van der Waals surface area contributed by atoms with Crippen LogP contribution in [-0.2, 0) is 6.42 Å². The highest BCUT2D eigenvalue weighted by molar-refractivity contribution is 7.12. The van der Waals surface area contributed by atoms with Crippen molar-refractivity contribution in [1.82, 2.24) is 15.3 Å². The summed E-state index contributed by atoms with van der Waals surface area (Å²) in [5.74, 6) is 0.891. The maximum Gasteiger partial charge on any atom is 0.160 e. The van der Waals surface area contributed by atoms with Gasteiger partial charge >= 0.3 is 0 Å². The Kier molecular flexibility index (Phi) is 3.85. The summed E-state index contributed by atoms with van der Waals surface area (Å²) < 4.78 is 0. The van der Waals surface area contributed by atoms with Gasteiger partial charge in [0.05, 0.1) is 0 Å². The van der Waals surface area contributed by atoms with E-state index in [2.05, 4.69) is 37.1 Å². The smallest absolute Gasteiger partial charge is 0.160 e. The molecule has 1 atom stereocenters. The highest BCUT2D eigenvalue weighted by atomic mass is 32.1. The summed E-state index contributed by atoms with van der Waals surface area (Å²) in [5.41, 5.74) is 3.72. The fourth-order valence-corrected chi connectivity index (χ4v) is 3.91. The van der Waals surface area contributed by atoms with Crippen molar-refractivity contribution in [2.75, 3.05) is 6.54 Å². The molecule has 106 valence electrons. The van der Waals surface area contributed by atoms with Crippen molar-refractivity contribution < 1.29 is 0 Å². The summed E-state index contributed by atoms with van der Waals surface area (Å²) in [6.45, 7) is 7.44. The molecule has 1 aliphatic rings. The lowest BCUT2D eigenvalue weighted by molar-refractivity contribution is 0.464. The number of aromatic nitrogens is 2. The van der Waals surface area contributed by atoms with Crippen molar-refractivity contribution in [2.45, 2.75) is 46.1 Å². The Morgan fingerprint density at radius 1 is 1.40 bits per heavy atom. The lowest BCUT2D eigenvalue weighted by Crippen LogP contribution is -2.25. The summed E-state index contributed by atoms with van der Waals surface area (Å²) in [6.07, 6.45) is 5.52. The Labute approximate surface area is 124 Å². The molecule has 0 aromatic carbocycles. The molecule has 0 radical (unpaired) electrons. The minimum Gasteiger partial charge on any atom is -0.310 e. The Morgan fingerprint density at radius 2 is 2.25 bits per heavy atom. The Balaban J connectivity index is 1.99. The van der Waals surface area contributed by atoms with E-state index in [0.29, 0.717) is 6.04 Å². The maximum absolute atomic E-state index is 4.85. The topological polar surface area (TPSA) is 37.8 Å². The van der Waals surface area contributed by atoms with Crippen molar-refractivity contribution in [3.8, 4) is 11.4 Å². The van der Waals surface area contributed by atoms with Crippen LogP contribution < -0.4 is 5.32 Å². The van der Waals surface area contributed by atoms with Crippen molar-refractivity contribution in [3.63, 3.8) is 0 Å². The first-order valence-corrected chi connectivity index (χ1v) is 8.17. The zero-order valence-corrected chi connectivity index (χ0v) is 13.2. The van der Waals surface area contributed by atoms with Crippen molar-refractivity contribution in [1.29, 1.82) is 0 Å². The number of rotatable bonds is 3. The average molecular weight is 287 g/mol. The number of fused-ring (bicyclic) bond motifs is 1. The predicted octanol–water partition coefficient (Wildman–Crippen LogP) is 3.81. The lowest BCUT2D eigenvalue weighted by atomic mass is 9.92. The Morgan fingerprint density at radius 3 is 2.95 bits per heavy atom. The number of aryl methyl sites for hydroxylation is 3. The molecule has 2 aromatic heterocycles. The van der Waals surface area contributed by atoms with E-state index in [9.17, 15) is 0 Å². The maximum atomic E-state index is 4.85. The Hall–Kier alpha value is -1.26. The molecule has 0 spiro atoms. The molecule has 0 saturated heterocycles. The normalized spacial score (nSPS) is 18.1. The summed E-state index contributed by atoms with van der Waals surface area (Å²) in [4.78, 5) is 12.1. The molecule has 0 bridgehead atoms. The number of hydrogen-bond acceptors (Lipinski definition) is 4. The van der Waals surface area contributed by atoms with Gasteiger partial charge in [-0.2, -0.15) is 0 Å². The first kappa shape index (κ1) is 13.7. The summed E-state index contributed by atoms with van der Waals surface area (Å²) in [5, 5.41) is 3.54. The van der Waals surface area contributed by atoms with Crippen LogP contribution in [-0.4, -0.2) is 16.5 Å². The van der Waals surface area contributed by atoms with Gasteiger partial charge in [0.2, 0.25) is 0 Å². The highest BCUT2D eigenvalue weighted by Crippen LogP contribution is 2.32. The van der Waals surface area contributed by atoms with Gasteiger partial charge in [-0.1, -0.05) is 6.92 Å². The van der Waals surface area contributed by atoms with Gasteiger partial charge in [-0.15, -0.1) is 11.3 Å². The van der Waals surface area contributed by atoms with Crippen LogP contribution in [0.15, 0.2) is 12.3 Å². The second kappa shape index (κ2) is 5.62. The largest absolute Gasteiger partial charge is 0.310 e. The Bertz CT molecular complexity index is 618. The molecular formula is C16H21N3S. The van der Waals surface area contributed by atoms with E-state index in [4.69, 9.17) is 4.98 Å². The number of nitrogens with one attached hydrogen (secondary N) is 1. The van der Waals surface area contributed by atoms with Gasteiger partial charge in [-0.25, -0.2) is 9.97 Å². The highest BCUT2D eigenvalue weighted by Gasteiger charge is 2.22. The molecule has 0 fully saturated rings. The van der Waals surface area contributed by atoms with Crippen LogP contribution in [0, 0.1) is 13.8 Å². The van der Waals surface area contributed by atoms with Crippen LogP contribution in [0.2, 0.25) is 0 Å². The van der Waals surface area contributed by atoms with E-state index in [1.54, 1.807) is 0 Å². The second-order valence-corrected chi connectivity index (χ2v) is 6.89. The SMILES string of the molecule is CCNC1CCCc2nc(-c3cc(C)sc3C)ncc21. The summed E-state index contributed by atoms with van der Waals surface area (Å²) in [7, 11) is 0. The molecule has 1 aliphatic carbocycles. The molecule has 1 N–H and O–H groups in total. The quantitative estimate of drug-likeness (QED) is 0.933. The third kappa shape index (κ3) is 2.50. The zero-order chi connectivity index (χ0) is 14.1. The molecule has 0 amide bonds. The minimum atomic E-state index is 0.433. The molecule has 4 heteroatoms. The van der Waals surface area contributed by atoms with Gasteiger partial charge in [-0.3, -0.25) is 0 Å². The second-order valence-electron chi connectivity index (χ2n) is 5.43. The van der Waals surface area contributed by atoms with Gasteiger partial charge in [0.1, 0.15) is 0 Å². The van der Waals surface area contributed by atoms with Crippen LogP contribution in [0.4, 0.5) is 0 Å². The molecule has 3 rings (SSSR count). The standard InChI is InChI=1S/C16H21N3S/c1-4-17-14-6-5-7-15-13(14)9-18-16(19-15)12-8-10(2)20-11(12)3/h8-9,14,17H,4-7H2,1-3H3. The van der Waals surface area contributed by atoms with Crippen molar-refractivity contribution in [2.24, 2.45) is 0 Å². The van der Waals surface area contributed by atoms with E-state index in [1.165, 1.54) is 39.4 Å².